The molecule has 0 aliphatic rings. The first-order valence-corrected chi connectivity index (χ1v) is 6.92. The summed E-state index contributed by atoms with van der Waals surface area (Å²) >= 11 is 0. The maximum atomic E-state index is 10.0. The van der Waals surface area contributed by atoms with Gasteiger partial charge in [-0.15, -0.1) is 0 Å². The first kappa shape index (κ1) is 15.0. The van der Waals surface area contributed by atoms with Crippen LogP contribution in [0.1, 0.15) is 25.0 Å². The maximum Gasteiger partial charge on any atom is 0.138 e. The van der Waals surface area contributed by atoms with Crippen molar-refractivity contribution in [3.63, 3.8) is 0 Å². The minimum Gasteiger partial charge on any atom is -0.506 e. The van der Waals surface area contributed by atoms with E-state index in [9.17, 15) is 10.2 Å². The first-order chi connectivity index (χ1) is 9.90. The van der Waals surface area contributed by atoms with Gasteiger partial charge in [-0.1, -0.05) is 26.0 Å². The molecule has 2 aromatic rings. The molecule has 0 amide bonds. The van der Waals surface area contributed by atoms with Crippen LogP contribution in [-0.2, 0) is 5.41 Å². The molecule has 0 unspecified atom stereocenters. The third kappa shape index (κ3) is 2.75. The van der Waals surface area contributed by atoms with Gasteiger partial charge in [0.15, 0.2) is 0 Å². The average molecular weight is 286 g/mol. The Kier molecular flexibility index (Phi) is 3.98. The van der Waals surface area contributed by atoms with Crippen molar-refractivity contribution in [2.75, 3.05) is 24.7 Å². The third-order valence-corrected chi connectivity index (χ3v) is 3.98. The van der Waals surface area contributed by atoms with Crippen molar-refractivity contribution < 1.29 is 10.2 Å². The van der Waals surface area contributed by atoms with Gasteiger partial charge in [-0.3, -0.25) is 0 Å². The molecule has 112 valence electrons. The predicted octanol–water partition coefficient (Wildman–Crippen LogP) is 3.51. The summed E-state index contributed by atoms with van der Waals surface area (Å²) < 4.78 is 0. The summed E-state index contributed by atoms with van der Waals surface area (Å²) in [4.78, 5) is 0. The average Bonchev–Trinajstić information content (AvgIpc) is 2.47. The molecule has 2 aromatic carbocycles. The Morgan fingerprint density at radius 3 is 1.43 bits per heavy atom. The van der Waals surface area contributed by atoms with E-state index in [1.165, 1.54) is 0 Å². The molecule has 0 spiro atoms. The van der Waals surface area contributed by atoms with Crippen molar-refractivity contribution in [1.82, 2.24) is 0 Å². The SMILES string of the molecule is CNc1ccc(C(C)(C)c2ccc(NC)c(O)c2)cc1O. The molecule has 0 fully saturated rings. The van der Waals surface area contributed by atoms with Crippen LogP contribution < -0.4 is 10.6 Å². The molecule has 4 N–H and O–H groups in total. The summed E-state index contributed by atoms with van der Waals surface area (Å²) in [5.74, 6) is 0.443. The standard InChI is InChI=1S/C17H22N2O2/c1-17(2,11-5-7-13(18-3)15(20)9-11)12-6-8-14(19-4)16(21)10-12/h5-10,18-21H,1-4H3. The molecule has 0 radical (unpaired) electrons. The van der Waals surface area contributed by atoms with E-state index in [2.05, 4.69) is 24.5 Å². The number of phenolic OH excluding ortho intramolecular Hbond substituents is 2. The summed E-state index contributed by atoms with van der Waals surface area (Å²) in [6, 6.07) is 11.2. The highest BCUT2D eigenvalue weighted by molar-refractivity contribution is 5.61. The molecule has 0 aliphatic heterocycles. The van der Waals surface area contributed by atoms with Gasteiger partial charge in [-0.05, 0) is 35.4 Å². The van der Waals surface area contributed by atoms with E-state index in [0.717, 1.165) is 11.1 Å². The van der Waals surface area contributed by atoms with Crippen LogP contribution in [0.15, 0.2) is 36.4 Å². The summed E-state index contributed by atoms with van der Waals surface area (Å²) in [5, 5.41) is 25.9. The minimum absolute atomic E-state index is 0.221. The molecule has 0 aliphatic carbocycles. The van der Waals surface area contributed by atoms with Crippen molar-refractivity contribution in [2.24, 2.45) is 0 Å². The van der Waals surface area contributed by atoms with Gasteiger partial charge < -0.3 is 20.8 Å². The van der Waals surface area contributed by atoms with Crippen LogP contribution in [0.25, 0.3) is 0 Å². The van der Waals surface area contributed by atoms with Gasteiger partial charge in [0.25, 0.3) is 0 Å². The molecule has 21 heavy (non-hydrogen) atoms. The second-order valence-electron chi connectivity index (χ2n) is 5.59. The lowest BCUT2D eigenvalue weighted by atomic mass is 9.78. The van der Waals surface area contributed by atoms with Crippen LogP contribution in [0.4, 0.5) is 11.4 Å². The van der Waals surface area contributed by atoms with Gasteiger partial charge in [-0.2, -0.15) is 0 Å². The number of nitrogens with one attached hydrogen (secondary N) is 2. The van der Waals surface area contributed by atoms with Crippen molar-refractivity contribution in [3.8, 4) is 11.5 Å². The number of hydrogen-bond donors (Lipinski definition) is 4. The van der Waals surface area contributed by atoms with Crippen LogP contribution >= 0.6 is 0 Å². The van der Waals surface area contributed by atoms with Crippen molar-refractivity contribution in [2.45, 2.75) is 19.3 Å². The quantitative estimate of drug-likeness (QED) is 0.650. The van der Waals surface area contributed by atoms with E-state index in [0.29, 0.717) is 11.4 Å². The fraction of sp³-hybridized carbons (Fsp3) is 0.294. The lowest BCUT2D eigenvalue weighted by Gasteiger charge is -2.27. The third-order valence-electron chi connectivity index (χ3n) is 3.98. The molecule has 0 atom stereocenters. The lowest BCUT2D eigenvalue weighted by Crippen LogP contribution is -2.19. The Balaban J connectivity index is 2.45. The zero-order valence-corrected chi connectivity index (χ0v) is 12.9. The van der Waals surface area contributed by atoms with Crippen molar-refractivity contribution in [3.05, 3.63) is 47.5 Å². The number of phenols is 2. The molecule has 4 heteroatoms. The zero-order valence-electron chi connectivity index (χ0n) is 12.9. The Morgan fingerprint density at radius 1 is 0.762 bits per heavy atom. The molecular formula is C17H22N2O2. The van der Waals surface area contributed by atoms with E-state index < -0.39 is 0 Å². The number of anilines is 2. The van der Waals surface area contributed by atoms with E-state index in [4.69, 9.17) is 0 Å². The Hall–Kier alpha value is -2.36. The summed E-state index contributed by atoms with van der Waals surface area (Å²) in [6.07, 6.45) is 0. The van der Waals surface area contributed by atoms with Gasteiger partial charge in [0.2, 0.25) is 0 Å². The van der Waals surface area contributed by atoms with Crippen LogP contribution in [0.2, 0.25) is 0 Å². The van der Waals surface area contributed by atoms with E-state index in [1.54, 1.807) is 26.2 Å². The number of hydrogen-bond acceptors (Lipinski definition) is 4. The second kappa shape index (κ2) is 5.56. The van der Waals surface area contributed by atoms with Gasteiger partial charge in [0.05, 0.1) is 11.4 Å². The highest BCUT2D eigenvalue weighted by Crippen LogP contribution is 2.38. The van der Waals surface area contributed by atoms with Gasteiger partial charge in [0.1, 0.15) is 11.5 Å². The molecule has 4 nitrogen and oxygen atoms in total. The Labute approximate surface area is 125 Å². The highest BCUT2D eigenvalue weighted by atomic mass is 16.3. The molecule has 0 saturated heterocycles. The van der Waals surface area contributed by atoms with Crippen LogP contribution in [0.5, 0.6) is 11.5 Å². The van der Waals surface area contributed by atoms with Crippen molar-refractivity contribution >= 4 is 11.4 Å². The molecule has 0 saturated carbocycles. The smallest absolute Gasteiger partial charge is 0.138 e. The van der Waals surface area contributed by atoms with E-state index in [-0.39, 0.29) is 16.9 Å². The first-order valence-electron chi connectivity index (χ1n) is 6.92. The second-order valence-corrected chi connectivity index (χ2v) is 5.59. The van der Waals surface area contributed by atoms with Gasteiger partial charge in [-0.25, -0.2) is 0 Å². The molecule has 0 aromatic heterocycles. The Morgan fingerprint density at radius 2 is 1.14 bits per heavy atom. The molecule has 0 heterocycles. The summed E-state index contributed by atoms with van der Waals surface area (Å²) in [6.45, 7) is 4.13. The topological polar surface area (TPSA) is 64.5 Å². The number of aromatic hydroxyl groups is 2. The normalized spacial score (nSPS) is 11.2. The minimum atomic E-state index is -0.326. The Bertz CT molecular complexity index is 596. The predicted molar refractivity (Wildman–Crippen MR) is 87.4 cm³/mol. The fourth-order valence-electron chi connectivity index (χ4n) is 2.43. The molecule has 2 rings (SSSR count). The van der Waals surface area contributed by atoms with Crippen LogP contribution in [-0.4, -0.2) is 24.3 Å². The van der Waals surface area contributed by atoms with E-state index >= 15 is 0 Å². The van der Waals surface area contributed by atoms with E-state index in [1.807, 2.05) is 24.3 Å². The zero-order chi connectivity index (χ0) is 15.6. The van der Waals surface area contributed by atoms with Crippen molar-refractivity contribution in [1.29, 1.82) is 0 Å². The number of benzene rings is 2. The highest BCUT2D eigenvalue weighted by Gasteiger charge is 2.25. The largest absolute Gasteiger partial charge is 0.506 e. The fourth-order valence-corrected chi connectivity index (χ4v) is 2.43. The van der Waals surface area contributed by atoms with Crippen LogP contribution in [0.3, 0.4) is 0 Å². The lowest BCUT2D eigenvalue weighted by molar-refractivity contribution is 0.472. The van der Waals surface area contributed by atoms with Crippen LogP contribution in [0, 0.1) is 0 Å². The molecule has 0 bridgehead atoms. The maximum absolute atomic E-state index is 10.0. The van der Waals surface area contributed by atoms with Gasteiger partial charge in [0, 0.05) is 19.5 Å². The number of rotatable bonds is 4. The monoisotopic (exact) mass is 286 g/mol. The summed E-state index contributed by atoms with van der Waals surface area (Å²) in [7, 11) is 3.54. The molecular weight excluding hydrogens is 264 g/mol. The van der Waals surface area contributed by atoms with Gasteiger partial charge >= 0.3 is 0 Å². The summed E-state index contributed by atoms with van der Waals surface area (Å²) in [5.41, 5.74) is 3.03.